The number of carbonyl (C=O) groups excluding carboxylic acids is 2. The minimum Gasteiger partial charge on any atom is -0.444 e. The Hall–Kier alpha value is -3.29. The van der Waals surface area contributed by atoms with E-state index in [9.17, 15) is 18.4 Å². The Morgan fingerprint density at radius 1 is 1.24 bits per heavy atom. The monoisotopic (exact) mass is 482 g/mol. The van der Waals surface area contributed by atoms with Crippen molar-refractivity contribution in [2.45, 2.75) is 32.8 Å². The van der Waals surface area contributed by atoms with Gasteiger partial charge >= 0.3 is 6.09 Å². The summed E-state index contributed by atoms with van der Waals surface area (Å²) in [5.41, 5.74) is -0.910. The van der Waals surface area contributed by atoms with Crippen LogP contribution in [0, 0.1) is 0 Å². The van der Waals surface area contributed by atoms with Crippen molar-refractivity contribution in [1.82, 2.24) is 29.9 Å². The van der Waals surface area contributed by atoms with Gasteiger partial charge in [-0.3, -0.25) is 14.8 Å². The lowest BCUT2D eigenvalue weighted by Crippen LogP contribution is -2.50. The number of hydrogen-bond acceptors (Lipinski definition) is 8. The predicted molar refractivity (Wildman–Crippen MR) is 118 cm³/mol. The topological polar surface area (TPSA) is 121 Å². The molecule has 2 amide bonds. The summed E-state index contributed by atoms with van der Waals surface area (Å²) in [6, 6.07) is 1.40. The molecule has 0 aromatic carbocycles. The van der Waals surface area contributed by atoms with Gasteiger partial charge < -0.3 is 14.5 Å². The molecule has 0 spiro atoms. The Kier molecular flexibility index (Phi) is 5.95. The zero-order valence-electron chi connectivity index (χ0n) is 18.6. The minimum absolute atomic E-state index is 0.134. The van der Waals surface area contributed by atoms with Gasteiger partial charge in [-0.05, 0) is 26.8 Å². The summed E-state index contributed by atoms with van der Waals surface area (Å²) >= 11 is 1.06. The van der Waals surface area contributed by atoms with E-state index >= 15 is 0 Å². The number of aromatic nitrogens is 5. The second-order valence-corrected chi connectivity index (χ2v) is 9.56. The highest BCUT2D eigenvalue weighted by Gasteiger charge is 2.27. The number of amides is 2. The van der Waals surface area contributed by atoms with E-state index in [1.54, 1.807) is 11.9 Å². The summed E-state index contributed by atoms with van der Waals surface area (Å²) in [6.45, 7) is 7.36. The van der Waals surface area contributed by atoms with E-state index < -0.39 is 17.9 Å². The maximum Gasteiger partial charge on any atom is 0.410 e. The molecule has 178 valence electrons. The lowest BCUT2D eigenvalue weighted by molar-refractivity contribution is 0.0240. The lowest BCUT2D eigenvalue weighted by Gasteiger charge is -2.35. The fraction of sp³-hybridized carbons (Fsp3) is 0.526. The summed E-state index contributed by atoms with van der Waals surface area (Å²) in [6.07, 6.45) is -3.09. The van der Waals surface area contributed by atoms with Crippen LogP contribution < -0.4 is 10.2 Å². The van der Waals surface area contributed by atoms with Crippen LogP contribution in [-0.2, 0) is 11.8 Å². The number of halogens is 2. The first-order chi connectivity index (χ1) is 15.5. The Labute approximate surface area is 191 Å². The van der Waals surface area contributed by atoms with Crippen molar-refractivity contribution in [3.05, 3.63) is 16.6 Å². The van der Waals surface area contributed by atoms with Gasteiger partial charge in [0.1, 0.15) is 16.1 Å². The SMILES string of the molecule is Cn1nc(C(F)F)c2cc(C(=O)Nc3nc(N4CCN(C(=O)OC(C)(C)C)CC4)n[nH]3)sc21. The largest absolute Gasteiger partial charge is 0.444 e. The van der Waals surface area contributed by atoms with Gasteiger partial charge in [-0.15, -0.1) is 16.4 Å². The number of ether oxygens (including phenoxy) is 1. The number of carbonyl (C=O) groups is 2. The van der Waals surface area contributed by atoms with Crippen LogP contribution in [0.15, 0.2) is 6.07 Å². The van der Waals surface area contributed by atoms with E-state index in [4.69, 9.17) is 4.74 Å². The van der Waals surface area contributed by atoms with E-state index in [2.05, 4.69) is 25.6 Å². The van der Waals surface area contributed by atoms with E-state index in [0.29, 0.717) is 37.0 Å². The van der Waals surface area contributed by atoms with E-state index in [1.807, 2.05) is 25.7 Å². The van der Waals surface area contributed by atoms with Crippen molar-refractivity contribution in [1.29, 1.82) is 0 Å². The predicted octanol–water partition coefficient (Wildman–Crippen LogP) is 3.00. The number of piperazine rings is 1. The maximum atomic E-state index is 13.2. The minimum atomic E-state index is -2.73. The average Bonchev–Trinajstić information content (AvgIpc) is 3.43. The molecule has 3 aromatic heterocycles. The maximum absolute atomic E-state index is 13.2. The molecule has 33 heavy (non-hydrogen) atoms. The molecule has 1 aliphatic rings. The quantitative estimate of drug-likeness (QED) is 0.586. The second-order valence-electron chi connectivity index (χ2n) is 8.53. The number of thiophene rings is 1. The molecule has 1 fully saturated rings. The number of hydrogen-bond donors (Lipinski definition) is 2. The van der Waals surface area contributed by atoms with Gasteiger partial charge in [0.15, 0.2) is 0 Å². The molecule has 0 aliphatic carbocycles. The van der Waals surface area contributed by atoms with Crippen molar-refractivity contribution < 1.29 is 23.1 Å². The van der Waals surface area contributed by atoms with Crippen LogP contribution in [0.2, 0.25) is 0 Å². The molecule has 11 nitrogen and oxygen atoms in total. The van der Waals surface area contributed by atoms with Gasteiger partial charge in [0.05, 0.1) is 4.88 Å². The number of fused-ring (bicyclic) bond motifs is 1. The molecular weight excluding hydrogens is 458 g/mol. The molecule has 2 N–H and O–H groups in total. The summed E-state index contributed by atoms with van der Waals surface area (Å²) in [5.74, 6) is 0.0257. The number of anilines is 2. The highest BCUT2D eigenvalue weighted by Crippen LogP contribution is 2.33. The number of aryl methyl sites for hydroxylation is 1. The molecule has 0 bridgehead atoms. The molecule has 3 aromatic rings. The Bertz CT molecular complexity index is 1170. The van der Waals surface area contributed by atoms with Crippen LogP contribution in [0.1, 0.15) is 42.6 Å². The molecular formula is C19H24F2N8O3S. The first-order valence-electron chi connectivity index (χ1n) is 10.2. The number of nitrogens with zero attached hydrogens (tertiary/aromatic N) is 6. The van der Waals surface area contributed by atoms with Crippen LogP contribution in [0.25, 0.3) is 10.2 Å². The van der Waals surface area contributed by atoms with Crippen molar-refractivity contribution >= 4 is 45.5 Å². The molecule has 1 saturated heterocycles. The molecule has 0 radical (unpaired) electrons. The van der Waals surface area contributed by atoms with Crippen LogP contribution in [0.3, 0.4) is 0 Å². The molecule has 0 unspecified atom stereocenters. The fourth-order valence-electron chi connectivity index (χ4n) is 3.37. The summed E-state index contributed by atoms with van der Waals surface area (Å²) in [4.78, 5) is 33.3. The molecule has 1 aliphatic heterocycles. The number of alkyl halides is 2. The van der Waals surface area contributed by atoms with Crippen LogP contribution in [-0.4, -0.2) is 73.6 Å². The van der Waals surface area contributed by atoms with Gasteiger partial charge in [-0.2, -0.15) is 10.1 Å². The standard InChI is InChI=1S/C19H24F2N8O3S/c1-19(2,3)32-18(31)29-7-5-28(6-8-29)17-23-16(24-25-17)22-14(30)11-9-10-12(13(20)21)26-27(4)15(10)33-11/h9,13H,5-8H2,1-4H3,(H2,22,23,24,25,30). The number of rotatable bonds is 4. The smallest absolute Gasteiger partial charge is 0.410 e. The second kappa shape index (κ2) is 8.57. The fourth-order valence-corrected chi connectivity index (χ4v) is 4.35. The Balaban J connectivity index is 1.37. The average molecular weight is 483 g/mol. The Morgan fingerprint density at radius 3 is 2.58 bits per heavy atom. The van der Waals surface area contributed by atoms with Gasteiger partial charge in [-0.25, -0.2) is 18.7 Å². The zero-order chi connectivity index (χ0) is 23.9. The van der Waals surface area contributed by atoms with Gasteiger partial charge in [-0.1, -0.05) is 0 Å². The number of nitrogens with one attached hydrogen (secondary N) is 2. The van der Waals surface area contributed by atoms with Crippen LogP contribution in [0.5, 0.6) is 0 Å². The van der Waals surface area contributed by atoms with E-state index in [-0.39, 0.29) is 28.0 Å². The molecule has 14 heteroatoms. The molecule has 0 atom stereocenters. The molecule has 4 rings (SSSR count). The first kappa shape index (κ1) is 22.9. The number of aromatic amines is 1. The molecule has 4 heterocycles. The summed E-state index contributed by atoms with van der Waals surface area (Å²) in [7, 11) is 1.55. The van der Waals surface area contributed by atoms with Crippen molar-refractivity contribution in [2.24, 2.45) is 7.05 Å². The van der Waals surface area contributed by atoms with Gasteiger partial charge in [0, 0.05) is 38.6 Å². The van der Waals surface area contributed by atoms with Crippen molar-refractivity contribution in [3.63, 3.8) is 0 Å². The van der Waals surface area contributed by atoms with E-state index in [0.717, 1.165) is 11.3 Å². The van der Waals surface area contributed by atoms with Crippen LogP contribution >= 0.6 is 11.3 Å². The third kappa shape index (κ3) is 4.89. The normalized spacial score (nSPS) is 14.9. The number of H-pyrrole nitrogens is 1. The van der Waals surface area contributed by atoms with Gasteiger partial charge in [0.25, 0.3) is 12.3 Å². The van der Waals surface area contributed by atoms with Crippen molar-refractivity contribution in [3.8, 4) is 0 Å². The van der Waals surface area contributed by atoms with Crippen LogP contribution in [0.4, 0.5) is 25.5 Å². The highest BCUT2D eigenvalue weighted by atomic mass is 32.1. The summed E-state index contributed by atoms with van der Waals surface area (Å²) < 4.78 is 33.0. The molecule has 0 saturated carbocycles. The lowest BCUT2D eigenvalue weighted by atomic mass is 10.2. The zero-order valence-corrected chi connectivity index (χ0v) is 19.4. The van der Waals surface area contributed by atoms with E-state index in [1.165, 1.54) is 10.7 Å². The first-order valence-corrected chi connectivity index (χ1v) is 11.0. The summed E-state index contributed by atoms with van der Waals surface area (Å²) in [5, 5.41) is 13.5. The third-order valence-corrected chi connectivity index (χ3v) is 6.09. The highest BCUT2D eigenvalue weighted by molar-refractivity contribution is 7.20. The third-order valence-electron chi connectivity index (χ3n) is 4.89. The van der Waals surface area contributed by atoms with Crippen molar-refractivity contribution in [2.75, 3.05) is 36.4 Å². The van der Waals surface area contributed by atoms with Gasteiger partial charge in [0.2, 0.25) is 11.9 Å². The Morgan fingerprint density at radius 2 is 1.94 bits per heavy atom.